The Morgan fingerprint density at radius 3 is 2.80 bits per heavy atom. The van der Waals surface area contributed by atoms with Gasteiger partial charge in [0, 0.05) is 25.0 Å². The second-order valence-electron chi connectivity index (χ2n) is 6.40. The third-order valence-electron chi connectivity index (χ3n) is 4.40. The largest absolute Gasteiger partial charge is 0.492 e. The van der Waals surface area contributed by atoms with Crippen molar-refractivity contribution in [3.63, 3.8) is 0 Å². The van der Waals surface area contributed by atoms with Gasteiger partial charge in [0.25, 0.3) is 5.56 Å². The number of fused-ring (bicyclic) bond motifs is 1. The van der Waals surface area contributed by atoms with E-state index in [1.807, 2.05) is 36.4 Å². The Hall–Kier alpha value is -4.21. The molecule has 0 atom stereocenters. The second kappa shape index (κ2) is 8.43. The van der Waals surface area contributed by atoms with Gasteiger partial charge in [-0.15, -0.1) is 0 Å². The summed E-state index contributed by atoms with van der Waals surface area (Å²) in [6.07, 6.45) is 4.92. The molecule has 0 fully saturated rings. The maximum absolute atomic E-state index is 12.5. The number of para-hydroxylation sites is 1. The number of imidazole rings is 1. The van der Waals surface area contributed by atoms with Crippen molar-refractivity contribution in [2.24, 2.45) is 12.1 Å². The highest BCUT2D eigenvalue weighted by Gasteiger charge is 2.17. The van der Waals surface area contributed by atoms with Gasteiger partial charge in [0.15, 0.2) is 11.2 Å². The Kier molecular flexibility index (Phi) is 5.37. The number of hydrogen-bond donors (Lipinski definition) is 2. The number of nitrogens with zero attached hydrogens (tertiary/aromatic N) is 5. The zero-order chi connectivity index (χ0) is 20.9. The van der Waals surface area contributed by atoms with Crippen LogP contribution in [0.2, 0.25) is 0 Å². The molecule has 2 N–H and O–H groups in total. The monoisotopic (exact) mass is 405 g/mol. The van der Waals surface area contributed by atoms with E-state index in [0.717, 1.165) is 5.56 Å². The van der Waals surface area contributed by atoms with Crippen LogP contribution in [0.3, 0.4) is 0 Å². The number of aromatic nitrogens is 5. The molecule has 10 heteroatoms. The molecule has 0 bridgehead atoms. The lowest BCUT2D eigenvalue weighted by Crippen LogP contribution is -2.29. The summed E-state index contributed by atoms with van der Waals surface area (Å²) < 4.78 is 8.66. The molecule has 0 amide bonds. The molecule has 0 aliphatic heterocycles. The molecule has 10 nitrogen and oxygen atoms in total. The first-order valence-corrected chi connectivity index (χ1v) is 9.20. The first-order chi connectivity index (χ1) is 14.6. The minimum absolute atomic E-state index is 0.252. The van der Waals surface area contributed by atoms with Gasteiger partial charge >= 0.3 is 5.69 Å². The minimum atomic E-state index is -0.539. The van der Waals surface area contributed by atoms with E-state index in [1.54, 1.807) is 36.3 Å². The number of rotatable bonds is 7. The van der Waals surface area contributed by atoms with Crippen LogP contribution in [-0.2, 0) is 13.6 Å². The Morgan fingerprint density at radius 2 is 2.03 bits per heavy atom. The number of benzene rings is 1. The molecular weight excluding hydrogens is 386 g/mol. The molecule has 1 aromatic carbocycles. The summed E-state index contributed by atoms with van der Waals surface area (Å²) in [5.74, 6) is 1.03. The summed E-state index contributed by atoms with van der Waals surface area (Å²) in [7, 11) is 1.54. The third kappa shape index (κ3) is 3.97. The van der Waals surface area contributed by atoms with E-state index in [2.05, 4.69) is 25.5 Å². The molecule has 0 spiro atoms. The van der Waals surface area contributed by atoms with Gasteiger partial charge in [0.1, 0.15) is 12.4 Å². The van der Waals surface area contributed by atoms with Gasteiger partial charge in [-0.05, 0) is 18.2 Å². The second-order valence-corrected chi connectivity index (χ2v) is 6.40. The topological polar surface area (TPSA) is 119 Å². The Balaban J connectivity index is 1.65. The van der Waals surface area contributed by atoms with Crippen molar-refractivity contribution in [1.29, 1.82) is 0 Å². The van der Waals surface area contributed by atoms with Crippen molar-refractivity contribution in [3.8, 4) is 5.75 Å². The van der Waals surface area contributed by atoms with Crippen LogP contribution in [0.25, 0.3) is 11.2 Å². The number of hydrazone groups is 1. The molecule has 152 valence electrons. The van der Waals surface area contributed by atoms with Crippen LogP contribution < -0.4 is 21.4 Å². The lowest BCUT2D eigenvalue weighted by Gasteiger charge is -2.10. The molecular formula is C20H19N7O3. The summed E-state index contributed by atoms with van der Waals surface area (Å²) in [4.78, 5) is 35.1. The molecule has 0 unspecified atom stereocenters. The Labute approximate surface area is 170 Å². The van der Waals surface area contributed by atoms with Crippen molar-refractivity contribution in [2.75, 3.05) is 12.0 Å². The van der Waals surface area contributed by atoms with Gasteiger partial charge in [-0.2, -0.15) is 10.1 Å². The van der Waals surface area contributed by atoms with Crippen LogP contribution in [0.15, 0.2) is 69.5 Å². The number of anilines is 1. The van der Waals surface area contributed by atoms with Gasteiger partial charge in [-0.3, -0.25) is 23.9 Å². The van der Waals surface area contributed by atoms with E-state index < -0.39 is 11.2 Å². The minimum Gasteiger partial charge on any atom is -0.492 e. The van der Waals surface area contributed by atoms with Gasteiger partial charge in [-0.1, -0.05) is 24.3 Å². The number of aromatic amines is 1. The summed E-state index contributed by atoms with van der Waals surface area (Å²) in [6, 6.07) is 13.0. The first-order valence-electron chi connectivity index (χ1n) is 9.20. The fourth-order valence-corrected chi connectivity index (χ4v) is 2.93. The number of H-pyrrole nitrogens is 1. The predicted molar refractivity (Wildman–Crippen MR) is 113 cm³/mol. The van der Waals surface area contributed by atoms with Gasteiger partial charge in [0.2, 0.25) is 5.95 Å². The molecule has 30 heavy (non-hydrogen) atoms. The van der Waals surface area contributed by atoms with E-state index in [0.29, 0.717) is 24.8 Å². The number of nitrogens with one attached hydrogen (secondary N) is 2. The molecule has 0 aliphatic rings. The zero-order valence-electron chi connectivity index (χ0n) is 16.1. The zero-order valence-corrected chi connectivity index (χ0v) is 16.1. The number of pyridine rings is 1. The predicted octanol–water partition coefficient (Wildman–Crippen LogP) is 1.34. The fourth-order valence-electron chi connectivity index (χ4n) is 2.93. The highest BCUT2D eigenvalue weighted by atomic mass is 16.5. The van der Waals surface area contributed by atoms with Crippen molar-refractivity contribution in [1.82, 2.24) is 24.1 Å². The van der Waals surface area contributed by atoms with Crippen molar-refractivity contribution < 1.29 is 4.74 Å². The average molecular weight is 405 g/mol. The highest BCUT2D eigenvalue weighted by Crippen LogP contribution is 2.16. The van der Waals surface area contributed by atoms with E-state index >= 15 is 0 Å². The van der Waals surface area contributed by atoms with E-state index in [4.69, 9.17) is 4.74 Å². The maximum Gasteiger partial charge on any atom is 0.329 e. The van der Waals surface area contributed by atoms with E-state index in [1.165, 1.54) is 4.57 Å². The summed E-state index contributed by atoms with van der Waals surface area (Å²) in [6.45, 7) is 0.607. The fraction of sp³-hybridized carbons (Fsp3) is 0.150. The average Bonchev–Trinajstić information content (AvgIpc) is 3.13. The summed E-state index contributed by atoms with van der Waals surface area (Å²) >= 11 is 0. The number of aryl methyl sites for hydroxylation is 1. The first kappa shape index (κ1) is 19.1. The van der Waals surface area contributed by atoms with Crippen LogP contribution in [0.1, 0.15) is 5.56 Å². The number of hydrogen-bond acceptors (Lipinski definition) is 7. The van der Waals surface area contributed by atoms with Crippen molar-refractivity contribution in [2.45, 2.75) is 6.54 Å². The Morgan fingerprint density at radius 1 is 1.20 bits per heavy atom. The van der Waals surface area contributed by atoms with Crippen molar-refractivity contribution in [3.05, 3.63) is 81.3 Å². The normalized spacial score (nSPS) is 11.2. The van der Waals surface area contributed by atoms with Crippen LogP contribution in [0.5, 0.6) is 5.75 Å². The SMILES string of the molecule is Cn1c(=O)[nH]c(=O)c2c1nc(N/N=C/c1cccnc1)n2CCOc1ccccc1. The van der Waals surface area contributed by atoms with E-state index in [9.17, 15) is 9.59 Å². The molecule has 0 saturated carbocycles. The smallest absolute Gasteiger partial charge is 0.329 e. The standard InChI is InChI=1S/C20H19N7O3/c1-26-17-16(18(28)24-20(26)29)27(10-11-30-15-7-3-2-4-8-15)19(23-17)25-22-13-14-6-5-9-21-12-14/h2-9,12-13H,10-11H2,1H3,(H,23,25)(H,24,28,29)/b22-13+. The van der Waals surface area contributed by atoms with Gasteiger partial charge in [-0.25, -0.2) is 10.2 Å². The molecule has 3 aromatic heterocycles. The number of ether oxygens (including phenoxy) is 1. The quantitative estimate of drug-likeness (QED) is 0.354. The maximum atomic E-state index is 12.5. The van der Waals surface area contributed by atoms with Crippen LogP contribution in [-0.4, -0.2) is 36.9 Å². The summed E-state index contributed by atoms with van der Waals surface area (Å²) in [5, 5.41) is 4.18. The van der Waals surface area contributed by atoms with E-state index in [-0.39, 0.29) is 11.2 Å². The van der Waals surface area contributed by atoms with Crippen LogP contribution in [0.4, 0.5) is 5.95 Å². The van der Waals surface area contributed by atoms with Gasteiger partial charge in [0.05, 0.1) is 12.8 Å². The molecule has 0 radical (unpaired) electrons. The lowest BCUT2D eigenvalue weighted by atomic mass is 10.3. The molecule has 0 aliphatic carbocycles. The molecule has 4 rings (SSSR count). The van der Waals surface area contributed by atoms with Crippen LogP contribution in [0, 0.1) is 0 Å². The van der Waals surface area contributed by atoms with Crippen molar-refractivity contribution >= 4 is 23.3 Å². The van der Waals surface area contributed by atoms with Gasteiger partial charge < -0.3 is 4.74 Å². The van der Waals surface area contributed by atoms with Crippen LogP contribution >= 0.6 is 0 Å². The molecule has 4 aromatic rings. The highest BCUT2D eigenvalue weighted by molar-refractivity contribution is 5.80. The third-order valence-corrected chi connectivity index (χ3v) is 4.40. The lowest BCUT2D eigenvalue weighted by molar-refractivity contribution is 0.301. The molecule has 0 saturated heterocycles. The molecule has 3 heterocycles. The Bertz CT molecular complexity index is 1290. The summed E-state index contributed by atoms with van der Waals surface area (Å²) in [5.41, 5.74) is 3.09.